The first-order chi connectivity index (χ1) is 16.5. The van der Waals surface area contributed by atoms with Crippen LogP contribution in [0.1, 0.15) is 76.8 Å². The highest BCUT2D eigenvalue weighted by Crippen LogP contribution is 2.33. The average Bonchev–Trinajstić information content (AvgIpc) is 3.42. The van der Waals surface area contributed by atoms with Crippen molar-refractivity contribution >= 4 is 11.9 Å². The van der Waals surface area contributed by atoms with Crippen LogP contribution in [0.2, 0.25) is 0 Å². The fraction of sp³-hybridized carbons (Fsp3) is 0.500. The first kappa shape index (κ1) is 26.7. The lowest BCUT2D eigenvalue weighted by Gasteiger charge is -2.24. The molecule has 1 fully saturated rings. The molecule has 7 nitrogen and oxygen atoms in total. The lowest BCUT2D eigenvalue weighted by atomic mass is 10.0. The van der Waals surface area contributed by atoms with Crippen molar-refractivity contribution in [3.63, 3.8) is 0 Å². The molecule has 1 saturated heterocycles. The van der Waals surface area contributed by atoms with Crippen LogP contribution in [-0.4, -0.2) is 45.6 Å². The van der Waals surface area contributed by atoms with Gasteiger partial charge in [0.2, 0.25) is 0 Å². The summed E-state index contributed by atoms with van der Waals surface area (Å²) in [5, 5.41) is 9.26. The molecule has 1 aromatic heterocycles. The summed E-state index contributed by atoms with van der Waals surface area (Å²) in [7, 11) is 0. The Balaban J connectivity index is 0.000000205. The number of carboxylic acid groups (broad SMARTS) is 1. The number of carbonyl (C=O) groups is 2. The topological polar surface area (TPSA) is 97.8 Å². The Bertz CT molecular complexity index is 1080. The summed E-state index contributed by atoms with van der Waals surface area (Å²) in [4.78, 5) is 25.8. The van der Waals surface area contributed by atoms with E-state index in [-0.39, 0.29) is 24.1 Å². The Hall–Kier alpha value is -2.92. The van der Waals surface area contributed by atoms with Crippen LogP contribution < -0.4 is 5.73 Å². The molecule has 35 heavy (non-hydrogen) atoms. The van der Waals surface area contributed by atoms with Gasteiger partial charge in [-0.25, -0.2) is 9.18 Å². The van der Waals surface area contributed by atoms with Gasteiger partial charge in [0.1, 0.15) is 11.5 Å². The number of ether oxygens (including phenoxy) is 1. The van der Waals surface area contributed by atoms with E-state index in [1.54, 1.807) is 11.5 Å². The van der Waals surface area contributed by atoms with Crippen LogP contribution in [0, 0.1) is 5.82 Å². The predicted molar refractivity (Wildman–Crippen MR) is 119 cm³/mol. The van der Waals surface area contributed by atoms with E-state index in [9.17, 15) is 32.3 Å². The highest BCUT2D eigenvalue weighted by atomic mass is 19.4. The van der Waals surface area contributed by atoms with Gasteiger partial charge in [-0.3, -0.25) is 4.79 Å². The number of fused-ring (bicyclic) bond motifs is 1. The van der Waals surface area contributed by atoms with E-state index in [1.165, 1.54) is 12.1 Å². The van der Waals surface area contributed by atoms with Gasteiger partial charge in [0.25, 0.3) is 5.91 Å². The van der Waals surface area contributed by atoms with E-state index in [4.69, 9.17) is 10.5 Å². The zero-order valence-corrected chi connectivity index (χ0v) is 19.6. The third-order valence-corrected chi connectivity index (χ3v) is 6.33. The van der Waals surface area contributed by atoms with E-state index < -0.39 is 29.6 Å². The van der Waals surface area contributed by atoms with E-state index in [1.807, 2.05) is 11.8 Å². The standard InChI is InChI=1S/C14H18N2O4.C10H11F4N/c1-9-3-2-4-15(9)13(17)11-7-10(14(18)19)12-8-20-6-5-16(11)12;1-2-9(15)6-3-4-8(11)7(5-6)10(12,13)14/h7,9H,2-6,8H2,1H3,(H,18,19);3-5,9H,2,15H2,1H3/t2*9-/m01/s1. The molecule has 1 amide bonds. The Morgan fingerprint density at radius 3 is 2.54 bits per heavy atom. The summed E-state index contributed by atoms with van der Waals surface area (Å²) < 4.78 is 56.9. The summed E-state index contributed by atoms with van der Waals surface area (Å²) in [5.41, 5.74) is 5.86. The van der Waals surface area contributed by atoms with Crippen molar-refractivity contribution in [3.05, 3.63) is 58.2 Å². The van der Waals surface area contributed by atoms with Crippen molar-refractivity contribution in [1.82, 2.24) is 9.47 Å². The highest BCUT2D eigenvalue weighted by Gasteiger charge is 2.34. The van der Waals surface area contributed by atoms with Gasteiger partial charge >= 0.3 is 12.1 Å². The Labute approximate surface area is 200 Å². The van der Waals surface area contributed by atoms with Crippen molar-refractivity contribution < 1.29 is 37.0 Å². The number of amides is 1. The minimum Gasteiger partial charge on any atom is -0.478 e. The van der Waals surface area contributed by atoms with Gasteiger partial charge in [-0.05, 0) is 49.9 Å². The molecule has 1 aromatic carbocycles. The Kier molecular flexibility index (Phi) is 8.22. The van der Waals surface area contributed by atoms with Crippen molar-refractivity contribution in [3.8, 4) is 0 Å². The SMILES string of the molecule is CC[C@@H](N)c1ccc(F)c(C(F)(F)F)c1.C[C@H]1CCCN1C(=O)c1cc(C(=O)O)c2n1CCOC2. The van der Waals surface area contributed by atoms with Crippen LogP contribution in [0.25, 0.3) is 0 Å². The monoisotopic (exact) mass is 499 g/mol. The lowest BCUT2D eigenvalue weighted by Crippen LogP contribution is -2.35. The van der Waals surface area contributed by atoms with Crippen molar-refractivity contribution in [2.45, 2.75) is 64.5 Å². The summed E-state index contributed by atoms with van der Waals surface area (Å²) in [5.74, 6) is -2.34. The number of halogens is 4. The number of likely N-dealkylation sites (tertiary alicyclic amines) is 1. The molecule has 0 radical (unpaired) electrons. The summed E-state index contributed by atoms with van der Waals surface area (Å²) in [6, 6.07) is 4.07. The smallest absolute Gasteiger partial charge is 0.419 e. The molecule has 0 saturated carbocycles. The molecule has 2 aliphatic rings. The summed E-state index contributed by atoms with van der Waals surface area (Å²) >= 11 is 0. The second-order valence-electron chi connectivity index (χ2n) is 8.64. The van der Waals surface area contributed by atoms with Gasteiger partial charge in [0.05, 0.1) is 30.0 Å². The van der Waals surface area contributed by atoms with Crippen molar-refractivity contribution in [2.24, 2.45) is 5.73 Å². The minimum atomic E-state index is -4.67. The molecule has 11 heteroatoms. The van der Waals surface area contributed by atoms with Crippen LogP contribution in [-0.2, 0) is 24.1 Å². The first-order valence-electron chi connectivity index (χ1n) is 11.4. The van der Waals surface area contributed by atoms with Crippen LogP contribution in [0.5, 0.6) is 0 Å². The molecule has 0 bridgehead atoms. The van der Waals surface area contributed by atoms with Gasteiger partial charge < -0.3 is 25.0 Å². The normalized spacial score (nSPS) is 18.5. The number of hydrogen-bond donors (Lipinski definition) is 2. The molecule has 0 aliphatic carbocycles. The average molecular weight is 500 g/mol. The number of hydrogen-bond acceptors (Lipinski definition) is 4. The van der Waals surface area contributed by atoms with E-state index in [0.717, 1.165) is 31.5 Å². The Morgan fingerprint density at radius 2 is 1.97 bits per heavy atom. The zero-order valence-electron chi connectivity index (χ0n) is 19.6. The number of aromatic nitrogens is 1. The number of nitrogens with two attached hydrogens (primary N) is 1. The number of benzene rings is 1. The van der Waals surface area contributed by atoms with Crippen molar-refractivity contribution in [1.29, 1.82) is 0 Å². The molecule has 2 aromatic rings. The summed E-state index contributed by atoms with van der Waals surface area (Å²) in [6.07, 6.45) is -2.15. The second kappa shape index (κ2) is 10.8. The quantitative estimate of drug-likeness (QED) is 0.600. The maximum atomic E-state index is 12.9. The number of alkyl halides is 3. The molecule has 2 aliphatic heterocycles. The molecule has 0 unspecified atom stereocenters. The fourth-order valence-corrected chi connectivity index (χ4v) is 4.30. The number of aromatic carboxylic acids is 1. The predicted octanol–water partition coefficient (Wildman–Crippen LogP) is 4.60. The molecule has 0 spiro atoms. The van der Waals surface area contributed by atoms with E-state index in [2.05, 4.69) is 0 Å². The van der Waals surface area contributed by atoms with Crippen LogP contribution >= 0.6 is 0 Å². The van der Waals surface area contributed by atoms with Crippen LogP contribution in [0.3, 0.4) is 0 Å². The molecular formula is C24H29F4N3O4. The summed E-state index contributed by atoms with van der Waals surface area (Å²) in [6.45, 7) is 5.83. The number of carbonyl (C=O) groups excluding carboxylic acids is 1. The molecular weight excluding hydrogens is 470 g/mol. The number of nitrogens with zero attached hydrogens (tertiary/aromatic N) is 2. The first-order valence-corrected chi connectivity index (χ1v) is 11.4. The van der Waals surface area contributed by atoms with E-state index in [0.29, 0.717) is 36.5 Å². The third kappa shape index (κ3) is 5.84. The van der Waals surface area contributed by atoms with Crippen LogP contribution in [0.15, 0.2) is 24.3 Å². The fourth-order valence-electron chi connectivity index (χ4n) is 4.30. The van der Waals surface area contributed by atoms with Gasteiger partial charge in [-0.15, -0.1) is 0 Å². The third-order valence-electron chi connectivity index (χ3n) is 6.33. The highest BCUT2D eigenvalue weighted by molar-refractivity contribution is 5.98. The molecule has 3 N–H and O–H groups in total. The van der Waals surface area contributed by atoms with E-state index >= 15 is 0 Å². The molecule has 2 atom stereocenters. The number of rotatable bonds is 4. The Morgan fingerprint density at radius 1 is 1.26 bits per heavy atom. The van der Waals surface area contributed by atoms with Crippen LogP contribution in [0.4, 0.5) is 17.6 Å². The molecule has 4 rings (SSSR count). The zero-order chi connectivity index (χ0) is 25.9. The largest absolute Gasteiger partial charge is 0.478 e. The van der Waals surface area contributed by atoms with Gasteiger partial charge in [-0.1, -0.05) is 13.0 Å². The maximum Gasteiger partial charge on any atom is 0.419 e. The lowest BCUT2D eigenvalue weighted by molar-refractivity contribution is -0.140. The minimum absolute atomic E-state index is 0.0642. The van der Waals surface area contributed by atoms with Gasteiger partial charge in [-0.2, -0.15) is 13.2 Å². The second-order valence-corrected chi connectivity index (χ2v) is 8.64. The maximum absolute atomic E-state index is 12.9. The van der Waals surface area contributed by atoms with Gasteiger partial charge in [0.15, 0.2) is 0 Å². The number of carboxylic acids is 1. The van der Waals surface area contributed by atoms with Crippen molar-refractivity contribution in [2.75, 3.05) is 13.2 Å². The van der Waals surface area contributed by atoms with Gasteiger partial charge in [0, 0.05) is 25.2 Å². The molecule has 3 heterocycles. The molecule has 192 valence electrons.